The summed E-state index contributed by atoms with van der Waals surface area (Å²) in [6, 6.07) is 8.95. The van der Waals surface area contributed by atoms with Gasteiger partial charge in [0.1, 0.15) is 6.04 Å². The van der Waals surface area contributed by atoms with E-state index in [9.17, 15) is 14.7 Å². The summed E-state index contributed by atoms with van der Waals surface area (Å²) >= 11 is 1.53. The van der Waals surface area contributed by atoms with E-state index < -0.39 is 11.6 Å². The molecule has 2 saturated heterocycles. The van der Waals surface area contributed by atoms with Crippen LogP contribution in [0.15, 0.2) is 30.5 Å². The molecule has 1 aromatic heterocycles. The van der Waals surface area contributed by atoms with E-state index in [0.29, 0.717) is 41.2 Å². The smallest absolute Gasteiger partial charge is 0.252 e. The fourth-order valence-electron chi connectivity index (χ4n) is 3.64. The maximum atomic E-state index is 12.8. The number of pyridine rings is 1. The molecule has 1 aromatic carbocycles. The molecule has 0 radical (unpaired) electrons. The second-order valence-corrected chi connectivity index (χ2v) is 8.60. The number of fused-ring (bicyclic) bond motifs is 1. The number of benzene rings is 1. The summed E-state index contributed by atoms with van der Waals surface area (Å²) in [5, 5.41) is 22.5. The zero-order chi connectivity index (χ0) is 20.6. The number of aliphatic hydroxyl groups is 1. The van der Waals surface area contributed by atoms with E-state index in [1.54, 1.807) is 19.2 Å². The van der Waals surface area contributed by atoms with Gasteiger partial charge in [-0.15, -0.1) is 11.8 Å². The van der Waals surface area contributed by atoms with E-state index in [2.05, 4.69) is 16.4 Å². The van der Waals surface area contributed by atoms with Crippen LogP contribution in [-0.4, -0.2) is 69.7 Å². The molecule has 0 saturated carbocycles. The van der Waals surface area contributed by atoms with Crippen molar-refractivity contribution < 1.29 is 14.7 Å². The maximum absolute atomic E-state index is 12.8. The van der Waals surface area contributed by atoms with Gasteiger partial charge in [0.25, 0.3) is 5.91 Å². The number of nitrogens with one attached hydrogen (secondary N) is 1. The third-order valence-corrected chi connectivity index (χ3v) is 6.16. The Morgan fingerprint density at radius 2 is 2.21 bits per heavy atom. The minimum absolute atomic E-state index is 0.157. The van der Waals surface area contributed by atoms with E-state index in [4.69, 9.17) is 5.26 Å². The Morgan fingerprint density at radius 3 is 2.93 bits per heavy atom. The van der Waals surface area contributed by atoms with Crippen LogP contribution in [0.2, 0.25) is 0 Å². The molecule has 2 aliphatic rings. The lowest BCUT2D eigenvalue weighted by Gasteiger charge is -2.45. The van der Waals surface area contributed by atoms with Crippen LogP contribution in [0.1, 0.15) is 17.3 Å². The number of carbonyl (C=O) groups excluding carboxylic acids is 2. The molecule has 2 fully saturated rings. The van der Waals surface area contributed by atoms with Crippen molar-refractivity contribution in [3.8, 4) is 6.07 Å². The largest absolute Gasteiger partial charge is 0.386 e. The summed E-state index contributed by atoms with van der Waals surface area (Å²) in [5.74, 6) is 0.432. The normalized spacial score (nSPS) is 20.2. The van der Waals surface area contributed by atoms with Gasteiger partial charge in [-0.05, 0) is 31.2 Å². The number of hydrogen-bond donors (Lipinski definition) is 2. The first-order valence-electron chi connectivity index (χ1n) is 9.29. The molecule has 4 rings (SSSR count). The minimum atomic E-state index is -0.695. The second kappa shape index (κ2) is 7.54. The lowest BCUT2D eigenvalue weighted by molar-refractivity contribution is -0.129. The molecule has 0 unspecified atom stereocenters. The number of carbonyl (C=O) groups is 2. The highest BCUT2D eigenvalue weighted by molar-refractivity contribution is 7.99. The average Bonchev–Trinajstić information content (AvgIpc) is 3.18. The van der Waals surface area contributed by atoms with Crippen LogP contribution in [0.4, 0.5) is 5.69 Å². The fourth-order valence-corrected chi connectivity index (χ4v) is 4.74. The number of aromatic nitrogens is 1. The molecule has 0 spiro atoms. The molecular weight excluding hydrogens is 390 g/mol. The van der Waals surface area contributed by atoms with Crippen molar-refractivity contribution >= 4 is 40.2 Å². The molecule has 2 N–H and O–H groups in total. The van der Waals surface area contributed by atoms with E-state index >= 15 is 0 Å². The van der Waals surface area contributed by atoms with Gasteiger partial charge < -0.3 is 20.2 Å². The Labute approximate surface area is 172 Å². The monoisotopic (exact) mass is 411 g/mol. The summed E-state index contributed by atoms with van der Waals surface area (Å²) in [6.45, 7) is 2.69. The predicted molar refractivity (Wildman–Crippen MR) is 110 cm³/mol. The summed E-state index contributed by atoms with van der Waals surface area (Å²) in [4.78, 5) is 33.0. The Morgan fingerprint density at radius 1 is 1.41 bits per heavy atom. The summed E-state index contributed by atoms with van der Waals surface area (Å²) in [6.07, 6.45) is 1.57. The Bertz CT molecular complexity index is 1010. The third kappa shape index (κ3) is 3.86. The van der Waals surface area contributed by atoms with Crippen molar-refractivity contribution in [1.29, 1.82) is 5.26 Å². The molecule has 150 valence electrons. The van der Waals surface area contributed by atoms with Crippen molar-refractivity contribution in [2.24, 2.45) is 0 Å². The van der Waals surface area contributed by atoms with Crippen LogP contribution in [-0.2, 0) is 4.79 Å². The number of rotatable bonds is 4. The fraction of sp³-hybridized carbons (Fsp3) is 0.400. The summed E-state index contributed by atoms with van der Waals surface area (Å²) in [7, 11) is 0. The highest BCUT2D eigenvalue weighted by Crippen LogP contribution is 2.30. The standard InChI is InChI=1S/C20H21N5O3S/c1-20(28)10-24(11-20)13-2-3-17-16(6-13)15(4-5-22-17)19(27)23-8-18(26)25-12-29-9-14(25)7-21/h2-6,14,28H,8-12H2,1H3,(H,23,27)/t14-/m1/s1. The van der Waals surface area contributed by atoms with Gasteiger partial charge in [0.2, 0.25) is 5.91 Å². The number of nitrogens with zero attached hydrogens (tertiary/aromatic N) is 4. The van der Waals surface area contributed by atoms with Crippen LogP contribution < -0.4 is 10.2 Å². The van der Waals surface area contributed by atoms with Gasteiger partial charge >= 0.3 is 0 Å². The van der Waals surface area contributed by atoms with Crippen LogP contribution in [0.5, 0.6) is 0 Å². The van der Waals surface area contributed by atoms with Crippen LogP contribution >= 0.6 is 11.8 Å². The maximum Gasteiger partial charge on any atom is 0.252 e. The van der Waals surface area contributed by atoms with Gasteiger partial charge in [-0.25, -0.2) is 0 Å². The van der Waals surface area contributed by atoms with E-state index in [0.717, 1.165) is 5.69 Å². The lowest BCUT2D eigenvalue weighted by Crippen LogP contribution is -2.60. The van der Waals surface area contributed by atoms with Crippen LogP contribution in [0.25, 0.3) is 10.9 Å². The van der Waals surface area contributed by atoms with E-state index in [1.807, 2.05) is 23.1 Å². The van der Waals surface area contributed by atoms with Gasteiger partial charge in [0, 0.05) is 36.1 Å². The molecule has 9 heteroatoms. The molecule has 2 amide bonds. The first-order chi connectivity index (χ1) is 13.9. The number of hydrogen-bond acceptors (Lipinski definition) is 7. The number of anilines is 1. The molecule has 0 bridgehead atoms. The van der Waals surface area contributed by atoms with Crippen molar-refractivity contribution in [3.63, 3.8) is 0 Å². The van der Waals surface area contributed by atoms with Crippen LogP contribution in [0.3, 0.4) is 0 Å². The van der Waals surface area contributed by atoms with Gasteiger partial charge in [0.15, 0.2) is 0 Å². The Kier molecular flexibility index (Phi) is 5.06. The van der Waals surface area contributed by atoms with Gasteiger partial charge in [-0.1, -0.05) is 0 Å². The van der Waals surface area contributed by atoms with Gasteiger partial charge in [-0.3, -0.25) is 14.6 Å². The molecular formula is C20H21N5O3S. The predicted octanol–water partition coefficient (Wildman–Crippen LogP) is 0.961. The lowest BCUT2D eigenvalue weighted by atomic mass is 9.95. The average molecular weight is 411 g/mol. The first-order valence-corrected chi connectivity index (χ1v) is 10.4. The van der Waals surface area contributed by atoms with Gasteiger partial charge in [0.05, 0.1) is 35.2 Å². The Hall–Kier alpha value is -2.83. The number of nitriles is 1. The third-order valence-electron chi connectivity index (χ3n) is 5.15. The second-order valence-electron chi connectivity index (χ2n) is 7.60. The summed E-state index contributed by atoms with van der Waals surface area (Å²) in [5.41, 5.74) is 1.33. The quantitative estimate of drug-likeness (QED) is 0.771. The number of β-amino-alcohol motifs (C(OH)–C–C–N with tert-alkyl or cyclic N) is 1. The van der Waals surface area contributed by atoms with Crippen molar-refractivity contribution in [3.05, 3.63) is 36.0 Å². The van der Waals surface area contributed by atoms with Crippen LogP contribution in [0, 0.1) is 11.3 Å². The molecule has 2 aliphatic heterocycles. The molecule has 29 heavy (non-hydrogen) atoms. The zero-order valence-electron chi connectivity index (χ0n) is 16.0. The van der Waals surface area contributed by atoms with Crippen molar-refractivity contribution in [2.45, 2.75) is 18.6 Å². The van der Waals surface area contributed by atoms with Crippen molar-refractivity contribution in [2.75, 3.05) is 36.2 Å². The molecule has 0 aliphatic carbocycles. The SMILES string of the molecule is CC1(O)CN(c2ccc3nccc(C(=O)NCC(=O)N4CSC[C@H]4C#N)c3c2)C1. The number of amides is 2. The highest BCUT2D eigenvalue weighted by atomic mass is 32.2. The Balaban J connectivity index is 1.50. The van der Waals surface area contributed by atoms with E-state index in [-0.39, 0.29) is 18.4 Å². The molecule has 8 nitrogen and oxygen atoms in total. The van der Waals surface area contributed by atoms with Gasteiger partial charge in [-0.2, -0.15) is 5.26 Å². The number of thioether (sulfide) groups is 1. The molecule has 2 aromatic rings. The van der Waals surface area contributed by atoms with E-state index in [1.165, 1.54) is 16.7 Å². The topological polar surface area (TPSA) is 110 Å². The minimum Gasteiger partial charge on any atom is -0.386 e. The highest BCUT2D eigenvalue weighted by Gasteiger charge is 2.36. The molecule has 1 atom stereocenters. The van der Waals surface area contributed by atoms with Crippen molar-refractivity contribution in [1.82, 2.24) is 15.2 Å². The zero-order valence-corrected chi connectivity index (χ0v) is 16.8. The summed E-state index contributed by atoms with van der Waals surface area (Å²) < 4.78 is 0. The first kappa shape index (κ1) is 19.5. The molecule has 3 heterocycles.